The van der Waals surface area contributed by atoms with Gasteiger partial charge in [0, 0.05) is 24.8 Å². The second kappa shape index (κ2) is 7.52. The lowest BCUT2D eigenvalue weighted by Crippen LogP contribution is -2.70. The molecule has 2 unspecified atom stereocenters. The first-order valence-electron chi connectivity index (χ1n) is 10.6. The van der Waals surface area contributed by atoms with Crippen molar-refractivity contribution in [2.24, 2.45) is 23.7 Å². The Morgan fingerprint density at radius 1 is 1.19 bits per heavy atom. The zero-order valence-electron chi connectivity index (χ0n) is 17.0. The minimum absolute atomic E-state index is 0.136. The van der Waals surface area contributed by atoms with E-state index in [9.17, 15) is 5.11 Å². The highest BCUT2D eigenvalue weighted by molar-refractivity contribution is 5.09. The number of ether oxygens (including phenoxy) is 3. The highest BCUT2D eigenvalue weighted by Gasteiger charge is 2.69. The summed E-state index contributed by atoms with van der Waals surface area (Å²) >= 11 is 0. The minimum Gasteiger partial charge on any atom is -0.389 e. The lowest BCUT2D eigenvalue weighted by Gasteiger charge is -2.60. The first-order valence-corrected chi connectivity index (χ1v) is 10.6. The Labute approximate surface area is 161 Å². The molecule has 0 aromatic heterocycles. The number of hydrogen-bond donors (Lipinski definition) is 2. The van der Waals surface area contributed by atoms with E-state index in [1.165, 1.54) is 6.42 Å². The number of fused-ring (bicyclic) bond motifs is 2. The predicted molar refractivity (Wildman–Crippen MR) is 97.3 cm³/mol. The van der Waals surface area contributed by atoms with Gasteiger partial charge in [-0.25, -0.2) is 9.78 Å². The topological polar surface area (TPSA) is 78.4 Å². The minimum atomic E-state index is -0.771. The third kappa shape index (κ3) is 3.35. The predicted octanol–water partition coefficient (Wildman–Crippen LogP) is 2.18. The van der Waals surface area contributed by atoms with Crippen LogP contribution in [0.2, 0.25) is 0 Å². The van der Waals surface area contributed by atoms with Crippen molar-refractivity contribution in [2.75, 3.05) is 19.7 Å². The number of aliphatic hydroxyl groups is 1. The molecule has 7 heteroatoms. The molecule has 1 spiro atoms. The quantitative estimate of drug-likeness (QED) is 0.679. The molecular formula is C20H35NO6. The van der Waals surface area contributed by atoms with Gasteiger partial charge in [-0.15, -0.1) is 0 Å². The van der Waals surface area contributed by atoms with Crippen molar-refractivity contribution in [1.82, 2.24) is 5.32 Å². The Morgan fingerprint density at radius 2 is 2.00 bits per heavy atom. The lowest BCUT2D eigenvalue weighted by molar-refractivity contribution is -0.577. The largest absolute Gasteiger partial charge is 0.389 e. The van der Waals surface area contributed by atoms with Gasteiger partial charge in [-0.2, -0.15) is 0 Å². The molecule has 2 N–H and O–H groups in total. The Hall–Kier alpha value is -0.280. The van der Waals surface area contributed by atoms with Crippen molar-refractivity contribution in [3.05, 3.63) is 0 Å². The third-order valence-corrected chi connectivity index (χ3v) is 7.18. The van der Waals surface area contributed by atoms with Gasteiger partial charge in [-0.1, -0.05) is 20.8 Å². The first-order chi connectivity index (χ1) is 12.9. The Balaban J connectivity index is 1.53. The molecule has 2 bridgehead atoms. The van der Waals surface area contributed by atoms with E-state index in [1.807, 2.05) is 13.8 Å². The van der Waals surface area contributed by atoms with Gasteiger partial charge in [0.15, 0.2) is 18.2 Å². The van der Waals surface area contributed by atoms with Gasteiger partial charge in [0.1, 0.15) is 0 Å². The molecule has 0 aromatic carbocycles. The molecule has 0 radical (unpaired) electrons. The summed E-state index contributed by atoms with van der Waals surface area (Å²) in [5, 5.41) is 13.2. The van der Waals surface area contributed by atoms with E-state index < -0.39 is 30.1 Å². The maximum Gasteiger partial charge on any atom is 0.201 e. The van der Waals surface area contributed by atoms with Crippen LogP contribution in [0.25, 0.3) is 0 Å². The summed E-state index contributed by atoms with van der Waals surface area (Å²) in [6.07, 6.45) is 2.57. The summed E-state index contributed by atoms with van der Waals surface area (Å²) in [4.78, 5) is 11.9. The molecule has 7 nitrogen and oxygen atoms in total. The summed E-state index contributed by atoms with van der Waals surface area (Å²) in [7, 11) is 0. The molecule has 5 aliphatic rings. The maximum absolute atomic E-state index is 10.1. The average Bonchev–Trinajstić information content (AvgIpc) is 2.88. The van der Waals surface area contributed by atoms with E-state index in [-0.39, 0.29) is 18.4 Å². The molecule has 156 valence electrons. The lowest BCUT2D eigenvalue weighted by atomic mass is 9.58. The van der Waals surface area contributed by atoms with E-state index in [0.717, 1.165) is 25.8 Å². The average molecular weight is 386 g/mol. The molecular weight excluding hydrogens is 350 g/mol. The van der Waals surface area contributed by atoms with Crippen molar-refractivity contribution in [3.63, 3.8) is 0 Å². The molecule has 0 aromatic rings. The van der Waals surface area contributed by atoms with Crippen LogP contribution in [0.5, 0.6) is 0 Å². The van der Waals surface area contributed by atoms with Crippen LogP contribution in [0.1, 0.15) is 53.4 Å². The van der Waals surface area contributed by atoms with Gasteiger partial charge < -0.3 is 24.6 Å². The smallest absolute Gasteiger partial charge is 0.201 e. The summed E-state index contributed by atoms with van der Waals surface area (Å²) < 4.78 is 18.6. The second-order valence-electron chi connectivity index (χ2n) is 9.07. The number of rotatable bonds is 6. The van der Waals surface area contributed by atoms with Crippen LogP contribution in [0, 0.1) is 23.7 Å². The van der Waals surface area contributed by atoms with Crippen LogP contribution in [-0.2, 0) is 24.0 Å². The molecule has 1 saturated carbocycles. The SMILES string of the molecule is CCNCC(O)COC1O[C@@H]2O[C@]3(C)CC[C@H]4[C@H](C)CC[C@@H]([C@H]1C)[C@@]24OO3. The molecule has 4 heterocycles. The molecule has 4 saturated heterocycles. The van der Waals surface area contributed by atoms with E-state index in [4.69, 9.17) is 24.0 Å². The molecule has 4 aliphatic heterocycles. The number of nitrogens with one attached hydrogen (secondary N) is 1. The van der Waals surface area contributed by atoms with Crippen LogP contribution in [0.4, 0.5) is 0 Å². The Bertz CT molecular complexity index is 535. The highest BCUT2D eigenvalue weighted by atomic mass is 17.3. The summed E-state index contributed by atoms with van der Waals surface area (Å²) in [6, 6.07) is 0. The monoisotopic (exact) mass is 385 g/mol. The molecule has 0 amide bonds. The maximum atomic E-state index is 10.1. The number of likely N-dealkylation sites (N-methyl/N-ethyl adjacent to an activating group) is 1. The summed E-state index contributed by atoms with van der Waals surface area (Å²) in [6.45, 7) is 9.98. The first kappa shape index (κ1) is 20.0. The van der Waals surface area contributed by atoms with Gasteiger partial charge in [0.05, 0.1) is 12.7 Å². The van der Waals surface area contributed by atoms with E-state index in [1.54, 1.807) is 0 Å². The van der Waals surface area contributed by atoms with Crippen LogP contribution in [0.3, 0.4) is 0 Å². The zero-order chi connectivity index (χ0) is 19.2. The summed E-state index contributed by atoms with van der Waals surface area (Å²) in [5.41, 5.74) is -0.560. The van der Waals surface area contributed by atoms with Gasteiger partial charge in [0.25, 0.3) is 0 Å². The molecule has 27 heavy (non-hydrogen) atoms. The van der Waals surface area contributed by atoms with E-state index in [2.05, 4.69) is 19.2 Å². The van der Waals surface area contributed by atoms with Gasteiger partial charge in [0.2, 0.25) is 5.79 Å². The number of hydrogen-bond acceptors (Lipinski definition) is 7. The summed E-state index contributed by atoms with van der Waals surface area (Å²) in [5.74, 6) is 0.515. The van der Waals surface area contributed by atoms with Gasteiger partial charge in [-0.05, 0) is 44.6 Å². The fourth-order valence-electron chi connectivity index (χ4n) is 5.64. The number of aliphatic hydroxyl groups excluding tert-OH is 1. The second-order valence-corrected chi connectivity index (χ2v) is 9.07. The van der Waals surface area contributed by atoms with Gasteiger partial charge >= 0.3 is 0 Å². The standard InChI is InChI=1S/C20H35NO6/c1-5-21-10-14(22)11-23-17-13(3)16-7-6-12(2)15-8-9-19(4)25-18(24-17)20(15,16)27-26-19/h12-18,21-22H,5-11H2,1-4H3/t12-,13-,14?,15+,16+,17?,18-,19+,20-/m1/s1. The third-order valence-electron chi connectivity index (χ3n) is 7.18. The Kier molecular flexibility index (Phi) is 5.57. The van der Waals surface area contributed by atoms with E-state index >= 15 is 0 Å². The van der Waals surface area contributed by atoms with Crippen LogP contribution < -0.4 is 5.32 Å². The van der Waals surface area contributed by atoms with E-state index in [0.29, 0.717) is 18.4 Å². The normalized spacial score (nSPS) is 50.1. The zero-order valence-corrected chi connectivity index (χ0v) is 17.0. The molecule has 5 fully saturated rings. The highest BCUT2D eigenvalue weighted by Crippen LogP contribution is 2.60. The molecule has 9 atom stereocenters. The fraction of sp³-hybridized carbons (Fsp3) is 1.00. The van der Waals surface area contributed by atoms with Crippen molar-refractivity contribution < 1.29 is 29.1 Å². The molecule has 1 aliphatic carbocycles. The van der Waals surface area contributed by atoms with Gasteiger partial charge in [-0.3, -0.25) is 0 Å². The van der Waals surface area contributed by atoms with Crippen molar-refractivity contribution >= 4 is 0 Å². The van der Waals surface area contributed by atoms with Crippen LogP contribution >= 0.6 is 0 Å². The Morgan fingerprint density at radius 3 is 2.78 bits per heavy atom. The van der Waals surface area contributed by atoms with Crippen molar-refractivity contribution in [3.8, 4) is 0 Å². The van der Waals surface area contributed by atoms with Crippen LogP contribution in [-0.4, -0.2) is 54.9 Å². The van der Waals surface area contributed by atoms with Crippen LogP contribution in [0.15, 0.2) is 0 Å². The fourth-order valence-corrected chi connectivity index (χ4v) is 5.64. The van der Waals surface area contributed by atoms with Crippen molar-refractivity contribution in [2.45, 2.75) is 83.5 Å². The van der Waals surface area contributed by atoms with Crippen molar-refractivity contribution in [1.29, 1.82) is 0 Å². The molecule has 5 rings (SSSR count).